The van der Waals surface area contributed by atoms with Crippen molar-refractivity contribution in [3.8, 4) is 17.0 Å². The molecule has 0 bridgehead atoms. The molecule has 0 atom stereocenters. The fraction of sp³-hybridized carbons (Fsp3) is 0.250. The van der Waals surface area contributed by atoms with Crippen LogP contribution in [-0.2, 0) is 0 Å². The fourth-order valence-corrected chi connectivity index (χ4v) is 2.27. The molecule has 0 saturated carbocycles. The highest BCUT2D eigenvalue weighted by atomic mass is 32.1. The molecule has 1 aromatic carbocycles. The summed E-state index contributed by atoms with van der Waals surface area (Å²) in [5.41, 5.74) is 10.0. The molecule has 0 spiro atoms. The highest BCUT2D eigenvalue weighted by Crippen LogP contribution is 2.31. The standard InChI is InChI=1S/C12H14N2OS/c1-7-8(2)11(15-3)5-4-9(7)10-6-16-12(13)14-10/h4-6H,1-3H3,(H2,13,14). The third-order valence-electron chi connectivity index (χ3n) is 2.76. The van der Waals surface area contributed by atoms with Crippen molar-refractivity contribution < 1.29 is 4.74 Å². The summed E-state index contributed by atoms with van der Waals surface area (Å²) < 4.78 is 5.28. The van der Waals surface area contributed by atoms with Gasteiger partial charge in [0.2, 0.25) is 0 Å². The summed E-state index contributed by atoms with van der Waals surface area (Å²) in [7, 11) is 1.68. The van der Waals surface area contributed by atoms with Crippen LogP contribution in [0, 0.1) is 13.8 Å². The van der Waals surface area contributed by atoms with Crippen LogP contribution in [-0.4, -0.2) is 12.1 Å². The van der Waals surface area contributed by atoms with Gasteiger partial charge in [-0.15, -0.1) is 11.3 Å². The van der Waals surface area contributed by atoms with E-state index in [0.717, 1.165) is 22.6 Å². The molecule has 2 N–H and O–H groups in total. The summed E-state index contributed by atoms with van der Waals surface area (Å²) in [6.45, 7) is 4.12. The molecule has 3 nitrogen and oxygen atoms in total. The number of hydrogen-bond acceptors (Lipinski definition) is 4. The molecule has 0 radical (unpaired) electrons. The molecule has 2 rings (SSSR count). The minimum absolute atomic E-state index is 0.600. The van der Waals surface area contributed by atoms with Crippen LogP contribution in [0.5, 0.6) is 5.75 Å². The Morgan fingerprint density at radius 3 is 2.56 bits per heavy atom. The highest BCUT2D eigenvalue weighted by Gasteiger charge is 2.10. The highest BCUT2D eigenvalue weighted by molar-refractivity contribution is 7.13. The van der Waals surface area contributed by atoms with E-state index in [9.17, 15) is 0 Å². The summed E-state index contributed by atoms with van der Waals surface area (Å²) in [5.74, 6) is 0.907. The summed E-state index contributed by atoms with van der Waals surface area (Å²) in [6, 6.07) is 3.99. The van der Waals surface area contributed by atoms with Crippen molar-refractivity contribution in [1.82, 2.24) is 4.98 Å². The lowest BCUT2D eigenvalue weighted by Crippen LogP contribution is -1.93. The van der Waals surface area contributed by atoms with Crippen molar-refractivity contribution in [3.63, 3.8) is 0 Å². The van der Waals surface area contributed by atoms with Gasteiger partial charge in [0.05, 0.1) is 12.8 Å². The number of anilines is 1. The lowest BCUT2D eigenvalue weighted by molar-refractivity contribution is 0.411. The van der Waals surface area contributed by atoms with Gasteiger partial charge in [-0.1, -0.05) is 0 Å². The number of thiazole rings is 1. The number of nitrogen functional groups attached to an aromatic ring is 1. The molecular formula is C12H14N2OS. The van der Waals surface area contributed by atoms with Gasteiger partial charge in [0.15, 0.2) is 5.13 Å². The number of methoxy groups -OCH3 is 1. The maximum Gasteiger partial charge on any atom is 0.180 e. The number of rotatable bonds is 2. The van der Waals surface area contributed by atoms with Gasteiger partial charge in [0.1, 0.15) is 5.75 Å². The largest absolute Gasteiger partial charge is 0.496 e. The first-order chi connectivity index (χ1) is 7.63. The molecular weight excluding hydrogens is 220 g/mol. The number of nitrogens with zero attached hydrogens (tertiary/aromatic N) is 1. The normalized spacial score (nSPS) is 10.4. The summed E-state index contributed by atoms with van der Waals surface area (Å²) in [6.07, 6.45) is 0. The molecule has 1 heterocycles. The Balaban J connectivity index is 2.55. The second kappa shape index (κ2) is 4.14. The first kappa shape index (κ1) is 11.0. The Labute approximate surface area is 98.9 Å². The minimum atomic E-state index is 0.600. The monoisotopic (exact) mass is 234 g/mol. The Morgan fingerprint density at radius 2 is 2.00 bits per heavy atom. The molecule has 0 saturated heterocycles. The van der Waals surface area contributed by atoms with Crippen LogP contribution in [0.25, 0.3) is 11.3 Å². The molecule has 0 aliphatic rings. The van der Waals surface area contributed by atoms with Gasteiger partial charge in [-0.25, -0.2) is 4.98 Å². The molecule has 4 heteroatoms. The number of benzene rings is 1. The minimum Gasteiger partial charge on any atom is -0.496 e. The number of hydrogen-bond donors (Lipinski definition) is 1. The van der Waals surface area contributed by atoms with Crippen LogP contribution in [0.4, 0.5) is 5.13 Å². The predicted octanol–water partition coefficient (Wildman–Crippen LogP) is 3.02. The van der Waals surface area contributed by atoms with Crippen molar-refractivity contribution in [2.45, 2.75) is 13.8 Å². The molecule has 16 heavy (non-hydrogen) atoms. The van der Waals surface area contributed by atoms with Gasteiger partial charge in [-0.2, -0.15) is 0 Å². The third-order valence-corrected chi connectivity index (χ3v) is 3.43. The van der Waals surface area contributed by atoms with E-state index in [1.54, 1.807) is 7.11 Å². The number of aromatic nitrogens is 1. The van der Waals surface area contributed by atoms with Crippen molar-refractivity contribution in [2.75, 3.05) is 12.8 Å². The second-order valence-electron chi connectivity index (χ2n) is 3.64. The summed E-state index contributed by atoms with van der Waals surface area (Å²) in [4.78, 5) is 4.29. The van der Waals surface area contributed by atoms with E-state index in [2.05, 4.69) is 11.9 Å². The summed E-state index contributed by atoms with van der Waals surface area (Å²) >= 11 is 1.46. The van der Waals surface area contributed by atoms with Gasteiger partial charge in [0, 0.05) is 10.9 Å². The van der Waals surface area contributed by atoms with E-state index < -0.39 is 0 Å². The quantitative estimate of drug-likeness (QED) is 0.869. The van der Waals surface area contributed by atoms with Crippen LogP contribution in [0.2, 0.25) is 0 Å². The van der Waals surface area contributed by atoms with Gasteiger partial charge in [-0.3, -0.25) is 0 Å². The van der Waals surface area contributed by atoms with Crippen LogP contribution in [0.1, 0.15) is 11.1 Å². The van der Waals surface area contributed by atoms with E-state index in [0.29, 0.717) is 5.13 Å². The molecule has 0 amide bonds. The second-order valence-corrected chi connectivity index (χ2v) is 4.53. The predicted molar refractivity (Wildman–Crippen MR) is 68.0 cm³/mol. The smallest absolute Gasteiger partial charge is 0.180 e. The summed E-state index contributed by atoms with van der Waals surface area (Å²) in [5, 5.41) is 2.58. The molecule has 0 aliphatic carbocycles. The van der Waals surface area contributed by atoms with E-state index >= 15 is 0 Å². The van der Waals surface area contributed by atoms with Crippen LogP contribution in [0.3, 0.4) is 0 Å². The van der Waals surface area contributed by atoms with Gasteiger partial charge in [0.25, 0.3) is 0 Å². The van der Waals surface area contributed by atoms with Crippen molar-refractivity contribution in [1.29, 1.82) is 0 Å². The van der Waals surface area contributed by atoms with E-state index in [-0.39, 0.29) is 0 Å². The maximum atomic E-state index is 5.64. The first-order valence-corrected chi connectivity index (χ1v) is 5.87. The molecule has 1 aromatic heterocycles. The zero-order valence-electron chi connectivity index (χ0n) is 9.57. The van der Waals surface area contributed by atoms with E-state index in [1.165, 1.54) is 16.9 Å². The lowest BCUT2D eigenvalue weighted by Gasteiger charge is -2.10. The SMILES string of the molecule is COc1ccc(-c2csc(N)n2)c(C)c1C. The van der Waals surface area contributed by atoms with Crippen molar-refractivity contribution in [2.24, 2.45) is 0 Å². The topological polar surface area (TPSA) is 48.1 Å². The molecule has 0 aliphatic heterocycles. The molecule has 0 fully saturated rings. The Bertz CT molecular complexity index is 520. The van der Waals surface area contributed by atoms with Crippen LogP contribution in [0.15, 0.2) is 17.5 Å². The first-order valence-electron chi connectivity index (χ1n) is 4.99. The Hall–Kier alpha value is -1.55. The van der Waals surface area contributed by atoms with E-state index in [4.69, 9.17) is 10.5 Å². The zero-order valence-corrected chi connectivity index (χ0v) is 10.4. The molecule has 84 valence electrons. The Morgan fingerprint density at radius 1 is 1.25 bits per heavy atom. The van der Waals surface area contributed by atoms with Crippen molar-refractivity contribution in [3.05, 3.63) is 28.6 Å². The molecule has 2 aromatic rings. The fourth-order valence-electron chi connectivity index (χ4n) is 1.71. The Kier molecular flexibility index (Phi) is 2.83. The number of ether oxygens (including phenoxy) is 1. The molecule has 0 unspecified atom stereocenters. The third kappa shape index (κ3) is 1.76. The van der Waals surface area contributed by atoms with Crippen LogP contribution >= 0.6 is 11.3 Å². The van der Waals surface area contributed by atoms with Gasteiger partial charge in [-0.05, 0) is 37.1 Å². The van der Waals surface area contributed by atoms with E-state index in [1.807, 2.05) is 24.4 Å². The average Bonchev–Trinajstić information content (AvgIpc) is 2.69. The van der Waals surface area contributed by atoms with Gasteiger partial charge >= 0.3 is 0 Å². The lowest BCUT2D eigenvalue weighted by atomic mass is 10.0. The van der Waals surface area contributed by atoms with Gasteiger partial charge < -0.3 is 10.5 Å². The average molecular weight is 234 g/mol. The van der Waals surface area contributed by atoms with Crippen molar-refractivity contribution >= 4 is 16.5 Å². The van der Waals surface area contributed by atoms with Crippen LogP contribution < -0.4 is 10.5 Å². The number of nitrogens with two attached hydrogens (primary N) is 1. The zero-order chi connectivity index (χ0) is 11.7. The maximum absolute atomic E-state index is 5.64.